The van der Waals surface area contributed by atoms with Gasteiger partial charge in [-0.15, -0.1) is 0 Å². The van der Waals surface area contributed by atoms with Crippen molar-refractivity contribution in [2.45, 2.75) is 39.5 Å². The summed E-state index contributed by atoms with van der Waals surface area (Å²) in [5.41, 5.74) is -0.699. The minimum Gasteiger partial charge on any atom is -0.391 e. The summed E-state index contributed by atoms with van der Waals surface area (Å²) >= 11 is 0. The Morgan fingerprint density at radius 3 is 2.25 bits per heavy atom. The summed E-state index contributed by atoms with van der Waals surface area (Å²) in [6.07, 6.45) is -6.51. The maximum atomic E-state index is 12.5. The van der Waals surface area contributed by atoms with Gasteiger partial charge in [-0.3, -0.25) is 9.59 Å². The zero-order valence-electron chi connectivity index (χ0n) is 13.7. The number of nitrogens with one attached hydrogen (secondary N) is 2. The van der Waals surface area contributed by atoms with Gasteiger partial charge in [0.25, 0.3) is 0 Å². The Labute approximate surface area is 138 Å². The largest absolute Gasteiger partial charge is 0.393 e. The quantitative estimate of drug-likeness (QED) is 0.732. The van der Waals surface area contributed by atoms with Crippen LogP contribution in [-0.2, 0) is 16.0 Å². The fourth-order valence-corrected chi connectivity index (χ4v) is 1.77. The molecule has 2 amide bonds. The molecule has 0 saturated carbocycles. The van der Waals surface area contributed by atoms with E-state index in [2.05, 4.69) is 10.6 Å². The Morgan fingerprint density at radius 2 is 1.71 bits per heavy atom. The number of carbonyl (C=O) groups excluding carboxylic acids is 2. The molecule has 1 unspecified atom stereocenters. The average molecular weight is 346 g/mol. The highest BCUT2D eigenvalue weighted by molar-refractivity contribution is 6.39. The van der Waals surface area contributed by atoms with Crippen molar-refractivity contribution in [1.29, 1.82) is 0 Å². The lowest BCUT2D eigenvalue weighted by Gasteiger charge is -2.25. The maximum Gasteiger partial charge on any atom is 0.393 e. The lowest BCUT2D eigenvalue weighted by molar-refractivity contribution is -0.136. The van der Waals surface area contributed by atoms with Crippen LogP contribution >= 0.6 is 0 Å². The molecule has 0 spiro atoms. The number of alkyl halides is 3. The standard InChI is InChI=1S/C16H21F3N2O3/c1-15(2,3)12(22)9-20-13(23)14(24)21-11-7-5-4-6-10(11)8-16(17,18)19/h4-7,12,22H,8-9H2,1-3H3,(H,20,23)(H,21,24). The maximum absolute atomic E-state index is 12.5. The van der Waals surface area contributed by atoms with Gasteiger partial charge < -0.3 is 15.7 Å². The molecular formula is C16H21F3N2O3. The van der Waals surface area contributed by atoms with Gasteiger partial charge >= 0.3 is 18.0 Å². The Hall–Kier alpha value is -2.09. The SMILES string of the molecule is CC(C)(C)C(O)CNC(=O)C(=O)Nc1ccccc1CC(F)(F)F. The van der Waals surface area contributed by atoms with Crippen LogP contribution in [0, 0.1) is 5.41 Å². The number of amides is 2. The topological polar surface area (TPSA) is 78.4 Å². The molecule has 8 heteroatoms. The number of hydrogen-bond donors (Lipinski definition) is 3. The van der Waals surface area contributed by atoms with Gasteiger partial charge in [-0.05, 0) is 17.0 Å². The third kappa shape index (κ3) is 6.57. The molecular weight excluding hydrogens is 325 g/mol. The van der Waals surface area contributed by atoms with Crippen LogP contribution in [-0.4, -0.2) is 35.7 Å². The van der Waals surface area contributed by atoms with E-state index >= 15 is 0 Å². The molecule has 1 aromatic rings. The molecule has 5 nitrogen and oxygen atoms in total. The minimum atomic E-state index is -4.43. The van der Waals surface area contributed by atoms with E-state index in [1.54, 1.807) is 20.8 Å². The number of anilines is 1. The van der Waals surface area contributed by atoms with Crippen LogP contribution in [0.1, 0.15) is 26.3 Å². The van der Waals surface area contributed by atoms with Crippen molar-refractivity contribution in [3.05, 3.63) is 29.8 Å². The van der Waals surface area contributed by atoms with E-state index in [1.807, 2.05) is 0 Å². The molecule has 1 aromatic carbocycles. The van der Waals surface area contributed by atoms with E-state index in [-0.39, 0.29) is 17.8 Å². The first-order valence-electron chi connectivity index (χ1n) is 7.32. The summed E-state index contributed by atoms with van der Waals surface area (Å²) in [6.45, 7) is 5.14. The van der Waals surface area contributed by atoms with Crippen molar-refractivity contribution in [1.82, 2.24) is 5.32 Å². The van der Waals surface area contributed by atoms with E-state index in [0.29, 0.717) is 0 Å². The molecule has 0 bridgehead atoms. The second kappa shape index (κ2) is 7.65. The van der Waals surface area contributed by atoms with Gasteiger partial charge in [0, 0.05) is 12.2 Å². The van der Waals surface area contributed by atoms with Crippen molar-refractivity contribution >= 4 is 17.5 Å². The summed E-state index contributed by atoms with van der Waals surface area (Å²) in [5.74, 6) is -2.12. The van der Waals surface area contributed by atoms with Crippen LogP contribution in [0.25, 0.3) is 0 Å². The molecule has 0 heterocycles. The first-order chi connectivity index (χ1) is 10.9. The fraction of sp³-hybridized carbons (Fsp3) is 0.500. The summed E-state index contributed by atoms with van der Waals surface area (Å²) in [6, 6.07) is 5.38. The van der Waals surface area contributed by atoms with Gasteiger partial charge in [0.2, 0.25) is 0 Å². The summed E-state index contributed by atoms with van der Waals surface area (Å²) in [4.78, 5) is 23.5. The Balaban J connectivity index is 2.70. The number of hydrogen-bond acceptors (Lipinski definition) is 3. The lowest BCUT2D eigenvalue weighted by atomic mass is 9.89. The van der Waals surface area contributed by atoms with E-state index in [9.17, 15) is 27.9 Å². The number of halogens is 3. The molecule has 0 fully saturated rings. The minimum absolute atomic E-state index is 0.0775. The van der Waals surface area contributed by atoms with Crippen molar-refractivity contribution < 1.29 is 27.9 Å². The third-order valence-electron chi connectivity index (χ3n) is 3.32. The lowest BCUT2D eigenvalue weighted by Crippen LogP contribution is -2.43. The summed E-state index contributed by atoms with van der Waals surface area (Å²) in [7, 11) is 0. The Bertz CT molecular complexity index is 595. The monoisotopic (exact) mass is 346 g/mol. The number of carbonyl (C=O) groups is 2. The van der Waals surface area contributed by atoms with Crippen LogP contribution in [0.3, 0.4) is 0 Å². The highest BCUT2D eigenvalue weighted by Crippen LogP contribution is 2.26. The second-order valence-electron chi connectivity index (χ2n) is 6.50. The molecule has 0 radical (unpaired) electrons. The number of rotatable bonds is 4. The van der Waals surface area contributed by atoms with Crippen molar-refractivity contribution in [3.8, 4) is 0 Å². The fourth-order valence-electron chi connectivity index (χ4n) is 1.77. The molecule has 0 aromatic heterocycles. The molecule has 0 aliphatic heterocycles. The van der Waals surface area contributed by atoms with E-state index in [1.165, 1.54) is 24.3 Å². The summed E-state index contributed by atoms with van der Waals surface area (Å²) < 4.78 is 37.6. The zero-order chi connectivity index (χ0) is 18.5. The number of aliphatic hydroxyl groups is 1. The predicted octanol–water partition coefficient (Wildman–Crippen LogP) is 2.25. The van der Waals surface area contributed by atoms with Crippen LogP contribution in [0.15, 0.2) is 24.3 Å². The normalized spacial score (nSPS) is 13.3. The molecule has 24 heavy (non-hydrogen) atoms. The molecule has 3 N–H and O–H groups in total. The highest BCUT2D eigenvalue weighted by atomic mass is 19.4. The van der Waals surface area contributed by atoms with Crippen molar-refractivity contribution in [2.24, 2.45) is 5.41 Å². The molecule has 0 aliphatic rings. The van der Waals surface area contributed by atoms with E-state index < -0.39 is 35.9 Å². The zero-order valence-corrected chi connectivity index (χ0v) is 13.7. The average Bonchev–Trinajstić information content (AvgIpc) is 2.43. The summed E-state index contributed by atoms with van der Waals surface area (Å²) in [5, 5.41) is 14.2. The first-order valence-corrected chi connectivity index (χ1v) is 7.32. The van der Waals surface area contributed by atoms with Gasteiger partial charge in [0.15, 0.2) is 0 Å². The highest BCUT2D eigenvalue weighted by Gasteiger charge is 2.29. The van der Waals surface area contributed by atoms with Gasteiger partial charge in [-0.25, -0.2) is 0 Å². The van der Waals surface area contributed by atoms with Gasteiger partial charge in [-0.2, -0.15) is 13.2 Å². The molecule has 1 rings (SSSR count). The van der Waals surface area contributed by atoms with Gasteiger partial charge in [0.1, 0.15) is 0 Å². The molecule has 1 atom stereocenters. The Morgan fingerprint density at radius 1 is 1.12 bits per heavy atom. The number of aliphatic hydroxyl groups excluding tert-OH is 1. The van der Waals surface area contributed by atoms with E-state index in [4.69, 9.17) is 0 Å². The van der Waals surface area contributed by atoms with Crippen molar-refractivity contribution in [3.63, 3.8) is 0 Å². The first kappa shape index (κ1) is 20.0. The Kier molecular flexibility index (Phi) is 6.36. The van der Waals surface area contributed by atoms with Crippen LogP contribution in [0.2, 0.25) is 0 Å². The van der Waals surface area contributed by atoms with Crippen molar-refractivity contribution in [2.75, 3.05) is 11.9 Å². The van der Waals surface area contributed by atoms with Gasteiger partial charge in [-0.1, -0.05) is 39.0 Å². The van der Waals surface area contributed by atoms with Crippen LogP contribution in [0.5, 0.6) is 0 Å². The predicted molar refractivity (Wildman–Crippen MR) is 83.3 cm³/mol. The number of para-hydroxylation sites is 1. The van der Waals surface area contributed by atoms with Gasteiger partial charge in [0.05, 0.1) is 12.5 Å². The molecule has 0 aliphatic carbocycles. The second-order valence-corrected chi connectivity index (χ2v) is 6.50. The molecule has 0 saturated heterocycles. The smallest absolute Gasteiger partial charge is 0.391 e. The van der Waals surface area contributed by atoms with Crippen LogP contribution < -0.4 is 10.6 Å². The number of benzene rings is 1. The van der Waals surface area contributed by atoms with E-state index in [0.717, 1.165) is 0 Å². The molecule has 134 valence electrons. The van der Waals surface area contributed by atoms with Crippen LogP contribution in [0.4, 0.5) is 18.9 Å². The third-order valence-corrected chi connectivity index (χ3v) is 3.32.